The second-order valence-corrected chi connectivity index (χ2v) is 4.58. The highest BCUT2D eigenvalue weighted by Crippen LogP contribution is 2.37. The lowest BCUT2D eigenvalue weighted by molar-refractivity contribution is 0.396. The fraction of sp³-hybridized carbons (Fsp3) is 0.571. The van der Waals surface area contributed by atoms with Crippen LogP contribution in [0.2, 0.25) is 0 Å². The van der Waals surface area contributed by atoms with Crippen molar-refractivity contribution in [2.24, 2.45) is 5.92 Å². The van der Waals surface area contributed by atoms with Gasteiger partial charge in [0.15, 0.2) is 0 Å². The smallest absolute Gasteiger partial charge is 0.0133 e. The zero-order valence-electron chi connectivity index (χ0n) is 9.29. The summed E-state index contributed by atoms with van der Waals surface area (Å²) in [5, 5.41) is 0. The highest BCUT2D eigenvalue weighted by Gasteiger charge is 2.23. The maximum absolute atomic E-state index is 2.40. The largest absolute Gasteiger partial charge is 0.0651 e. The first-order valence-corrected chi connectivity index (χ1v) is 5.90. The van der Waals surface area contributed by atoms with Gasteiger partial charge in [0.25, 0.3) is 0 Å². The second-order valence-electron chi connectivity index (χ2n) is 4.58. The van der Waals surface area contributed by atoms with E-state index in [0.29, 0.717) is 0 Å². The molecule has 0 saturated heterocycles. The Kier molecular flexibility index (Phi) is 2.90. The van der Waals surface area contributed by atoms with E-state index in [9.17, 15) is 0 Å². The van der Waals surface area contributed by atoms with Gasteiger partial charge in [0.1, 0.15) is 0 Å². The molecule has 0 amide bonds. The van der Waals surface area contributed by atoms with Gasteiger partial charge in [-0.25, -0.2) is 0 Å². The highest BCUT2D eigenvalue weighted by molar-refractivity contribution is 5.32. The molecule has 2 atom stereocenters. The Morgan fingerprint density at radius 3 is 2.93 bits per heavy atom. The summed E-state index contributed by atoms with van der Waals surface area (Å²) in [6.07, 6.45) is 5.38. The Morgan fingerprint density at radius 1 is 1.36 bits per heavy atom. The summed E-state index contributed by atoms with van der Waals surface area (Å²) < 4.78 is 0. The third-order valence-electron chi connectivity index (χ3n) is 3.75. The fourth-order valence-electron chi connectivity index (χ4n) is 2.67. The molecule has 0 N–H and O–H groups in total. The number of fused-ring (bicyclic) bond motifs is 1. The first kappa shape index (κ1) is 9.76. The van der Waals surface area contributed by atoms with Gasteiger partial charge in [-0.3, -0.25) is 0 Å². The molecule has 2 unspecified atom stereocenters. The molecule has 0 heterocycles. The van der Waals surface area contributed by atoms with Crippen LogP contribution in [0.4, 0.5) is 0 Å². The highest BCUT2D eigenvalue weighted by atomic mass is 14.3. The molecule has 1 aromatic carbocycles. The molecule has 0 spiro atoms. The van der Waals surface area contributed by atoms with Gasteiger partial charge >= 0.3 is 0 Å². The number of aryl methyl sites for hydroxylation is 1. The van der Waals surface area contributed by atoms with Crippen LogP contribution in [-0.4, -0.2) is 0 Å². The first-order valence-electron chi connectivity index (χ1n) is 5.90. The van der Waals surface area contributed by atoms with E-state index in [1.807, 2.05) is 0 Å². The maximum atomic E-state index is 2.40. The summed E-state index contributed by atoms with van der Waals surface area (Å²) >= 11 is 0. The van der Waals surface area contributed by atoms with Crippen molar-refractivity contribution in [2.45, 2.75) is 45.4 Å². The molecule has 2 rings (SSSR count). The quantitative estimate of drug-likeness (QED) is 0.654. The molecule has 0 fully saturated rings. The van der Waals surface area contributed by atoms with E-state index < -0.39 is 0 Å². The van der Waals surface area contributed by atoms with Gasteiger partial charge in [-0.1, -0.05) is 44.5 Å². The summed E-state index contributed by atoms with van der Waals surface area (Å²) in [6, 6.07) is 9.02. The number of hydrogen-bond donors (Lipinski definition) is 0. The van der Waals surface area contributed by atoms with E-state index in [4.69, 9.17) is 0 Å². The lowest BCUT2D eigenvalue weighted by Gasteiger charge is -2.29. The molecular weight excluding hydrogens is 168 g/mol. The van der Waals surface area contributed by atoms with E-state index in [1.54, 1.807) is 11.1 Å². The third kappa shape index (κ3) is 1.70. The predicted molar refractivity (Wildman–Crippen MR) is 61.6 cm³/mol. The Bertz CT molecular complexity index is 301. The average molecular weight is 188 g/mol. The SMILES string of the molecule is CCC(C)C1CCCc2ccccc21. The van der Waals surface area contributed by atoms with Crippen LogP contribution >= 0.6 is 0 Å². The van der Waals surface area contributed by atoms with Crippen LogP contribution in [0.3, 0.4) is 0 Å². The molecule has 0 aliphatic heterocycles. The Hall–Kier alpha value is -0.780. The van der Waals surface area contributed by atoms with Gasteiger partial charge in [-0.05, 0) is 42.2 Å². The molecule has 76 valence electrons. The van der Waals surface area contributed by atoms with E-state index in [0.717, 1.165) is 11.8 Å². The van der Waals surface area contributed by atoms with Crippen molar-refractivity contribution in [3.05, 3.63) is 35.4 Å². The monoisotopic (exact) mass is 188 g/mol. The van der Waals surface area contributed by atoms with Gasteiger partial charge in [0.05, 0.1) is 0 Å². The van der Waals surface area contributed by atoms with Crippen LogP contribution in [0.15, 0.2) is 24.3 Å². The lowest BCUT2D eigenvalue weighted by atomic mass is 9.75. The van der Waals surface area contributed by atoms with E-state index in [-0.39, 0.29) is 0 Å². The molecular formula is C14H20. The Labute approximate surface area is 87.3 Å². The molecule has 0 radical (unpaired) electrons. The van der Waals surface area contributed by atoms with Crippen LogP contribution in [0.25, 0.3) is 0 Å². The van der Waals surface area contributed by atoms with Crippen molar-refractivity contribution >= 4 is 0 Å². The van der Waals surface area contributed by atoms with Gasteiger partial charge in [0, 0.05) is 0 Å². The van der Waals surface area contributed by atoms with Crippen molar-refractivity contribution in [3.63, 3.8) is 0 Å². The molecule has 0 aromatic heterocycles. The van der Waals surface area contributed by atoms with Crippen LogP contribution in [0.1, 0.15) is 50.2 Å². The van der Waals surface area contributed by atoms with Gasteiger partial charge in [-0.15, -0.1) is 0 Å². The molecule has 1 aromatic rings. The van der Waals surface area contributed by atoms with Crippen molar-refractivity contribution in [2.75, 3.05) is 0 Å². The van der Waals surface area contributed by atoms with Crippen LogP contribution < -0.4 is 0 Å². The molecule has 1 aliphatic rings. The van der Waals surface area contributed by atoms with Crippen molar-refractivity contribution in [3.8, 4) is 0 Å². The van der Waals surface area contributed by atoms with Crippen molar-refractivity contribution < 1.29 is 0 Å². The molecule has 1 aliphatic carbocycles. The summed E-state index contributed by atoms with van der Waals surface area (Å²) in [5.74, 6) is 1.67. The zero-order valence-corrected chi connectivity index (χ0v) is 9.29. The average Bonchev–Trinajstić information content (AvgIpc) is 2.27. The van der Waals surface area contributed by atoms with Crippen LogP contribution in [0.5, 0.6) is 0 Å². The van der Waals surface area contributed by atoms with E-state index in [2.05, 4.69) is 38.1 Å². The summed E-state index contributed by atoms with van der Waals surface area (Å²) in [7, 11) is 0. The minimum Gasteiger partial charge on any atom is -0.0651 e. The number of rotatable bonds is 2. The van der Waals surface area contributed by atoms with Gasteiger partial charge in [0.2, 0.25) is 0 Å². The fourth-order valence-corrected chi connectivity index (χ4v) is 2.67. The molecule has 0 nitrogen and oxygen atoms in total. The molecule has 0 bridgehead atoms. The Morgan fingerprint density at radius 2 is 2.14 bits per heavy atom. The zero-order chi connectivity index (χ0) is 9.97. The number of benzene rings is 1. The van der Waals surface area contributed by atoms with E-state index >= 15 is 0 Å². The minimum absolute atomic E-state index is 0.824. The van der Waals surface area contributed by atoms with Crippen molar-refractivity contribution in [1.82, 2.24) is 0 Å². The Balaban J connectivity index is 2.30. The predicted octanol–water partition coefficient (Wildman–Crippen LogP) is 4.15. The van der Waals surface area contributed by atoms with E-state index in [1.165, 1.54) is 25.7 Å². The molecule has 14 heavy (non-hydrogen) atoms. The topological polar surface area (TPSA) is 0 Å². The van der Waals surface area contributed by atoms with Gasteiger partial charge < -0.3 is 0 Å². The first-order chi connectivity index (χ1) is 6.83. The second kappa shape index (κ2) is 4.16. The summed E-state index contributed by atoms with van der Waals surface area (Å²) in [6.45, 7) is 4.70. The number of hydrogen-bond acceptors (Lipinski definition) is 0. The minimum atomic E-state index is 0.824. The van der Waals surface area contributed by atoms with Crippen LogP contribution in [0, 0.1) is 5.92 Å². The lowest BCUT2D eigenvalue weighted by Crippen LogP contribution is -2.15. The molecule has 0 heteroatoms. The van der Waals surface area contributed by atoms with Crippen molar-refractivity contribution in [1.29, 1.82) is 0 Å². The summed E-state index contributed by atoms with van der Waals surface area (Å²) in [5.41, 5.74) is 3.23. The third-order valence-corrected chi connectivity index (χ3v) is 3.75. The standard InChI is InChI=1S/C14H20/c1-3-11(2)13-10-6-8-12-7-4-5-9-14(12)13/h4-5,7,9,11,13H,3,6,8,10H2,1-2H3. The maximum Gasteiger partial charge on any atom is -0.0133 e. The summed E-state index contributed by atoms with van der Waals surface area (Å²) in [4.78, 5) is 0. The molecule has 0 saturated carbocycles. The normalized spacial score (nSPS) is 22.9. The van der Waals surface area contributed by atoms with Crippen LogP contribution in [-0.2, 0) is 6.42 Å². The van der Waals surface area contributed by atoms with Gasteiger partial charge in [-0.2, -0.15) is 0 Å².